The van der Waals surface area contributed by atoms with E-state index in [2.05, 4.69) is 13.8 Å². The third kappa shape index (κ3) is 15.0. The van der Waals surface area contributed by atoms with E-state index in [-0.39, 0.29) is 0 Å². The average Bonchev–Trinajstić information content (AvgIpc) is 2.58. The van der Waals surface area contributed by atoms with E-state index in [1.807, 2.05) is 0 Å². The molecule has 0 aromatic rings. The fourth-order valence-corrected chi connectivity index (χ4v) is 4.51. The predicted molar refractivity (Wildman–Crippen MR) is 111 cm³/mol. The molecule has 0 amide bonds. The Hall–Kier alpha value is -0.130. The highest BCUT2D eigenvalue weighted by atomic mass is 32.2. The zero-order valence-electron chi connectivity index (χ0n) is 17.3. The van der Waals surface area contributed by atoms with Crippen LogP contribution in [-0.2, 0) is 10.1 Å². The quantitative estimate of drug-likeness (QED) is 0.200. The lowest BCUT2D eigenvalue weighted by Crippen LogP contribution is -2.33. The summed E-state index contributed by atoms with van der Waals surface area (Å²) in [7, 11) is -4.17. The van der Waals surface area contributed by atoms with Gasteiger partial charge in [-0.15, -0.1) is 0 Å². The summed E-state index contributed by atoms with van der Waals surface area (Å²) >= 11 is 0. The van der Waals surface area contributed by atoms with Crippen LogP contribution in [0.25, 0.3) is 0 Å². The van der Waals surface area contributed by atoms with Crippen molar-refractivity contribution in [2.45, 2.75) is 134 Å². The molecule has 0 heterocycles. The molecule has 0 saturated carbocycles. The third-order valence-electron chi connectivity index (χ3n) is 5.26. The number of aliphatic hydroxyl groups excluding tert-OH is 1. The van der Waals surface area contributed by atoms with Crippen LogP contribution in [0, 0.1) is 0 Å². The maximum atomic E-state index is 11.6. The molecule has 2 N–H and O–H groups in total. The Balaban J connectivity index is 3.87. The molecule has 2 atom stereocenters. The van der Waals surface area contributed by atoms with Crippen molar-refractivity contribution in [2.75, 3.05) is 0 Å². The van der Waals surface area contributed by atoms with E-state index in [4.69, 9.17) is 0 Å². The summed E-state index contributed by atoms with van der Waals surface area (Å²) in [5, 5.41) is 9.19. The SMILES string of the molecule is CCCCCCCCCCCCC(C(O)CCCCCCC)S(=O)(=O)O. The summed E-state index contributed by atoms with van der Waals surface area (Å²) < 4.78 is 32.6. The van der Waals surface area contributed by atoms with E-state index in [0.717, 1.165) is 44.9 Å². The van der Waals surface area contributed by atoms with E-state index in [9.17, 15) is 18.1 Å². The Morgan fingerprint density at radius 1 is 0.615 bits per heavy atom. The molecule has 0 radical (unpaired) electrons. The Labute approximate surface area is 162 Å². The predicted octanol–water partition coefficient (Wildman–Crippen LogP) is 6.28. The van der Waals surface area contributed by atoms with Crippen molar-refractivity contribution in [3.63, 3.8) is 0 Å². The highest BCUT2D eigenvalue weighted by Gasteiger charge is 2.29. The lowest BCUT2D eigenvalue weighted by molar-refractivity contribution is 0.146. The van der Waals surface area contributed by atoms with Crippen molar-refractivity contribution in [2.24, 2.45) is 0 Å². The molecule has 0 aliphatic rings. The zero-order valence-corrected chi connectivity index (χ0v) is 18.1. The first-order valence-corrected chi connectivity index (χ1v) is 12.6. The lowest BCUT2D eigenvalue weighted by atomic mass is 10.0. The topological polar surface area (TPSA) is 74.6 Å². The normalized spacial score (nSPS) is 14.5. The standard InChI is InChI=1S/C21H44O4S/c1-3-5-7-9-10-11-12-13-15-17-19-21(26(23,24)25)20(22)18-16-14-8-6-4-2/h20-22H,3-19H2,1-2H3,(H,23,24,25). The van der Waals surface area contributed by atoms with Crippen LogP contribution < -0.4 is 0 Å². The van der Waals surface area contributed by atoms with Crippen LogP contribution >= 0.6 is 0 Å². The molecule has 0 bridgehead atoms. The highest BCUT2D eigenvalue weighted by Crippen LogP contribution is 2.20. The van der Waals surface area contributed by atoms with E-state index < -0.39 is 21.5 Å². The van der Waals surface area contributed by atoms with Gasteiger partial charge in [0.15, 0.2) is 0 Å². The zero-order chi connectivity index (χ0) is 19.7. The summed E-state index contributed by atoms with van der Waals surface area (Å²) in [4.78, 5) is 0. The molecule has 0 fully saturated rings. The van der Waals surface area contributed by atoms with Crippen molar-refractivity contribution in [1.29, 1.82) is 0 Å². The average molecular weight is 393 g/mol. The third-order valence-corrected chi connectivity index (χ3v) is 6.57. The minimum Gasteiger partial charge on any atom is -0.392 e. The summed E-state index contributed by atoms with van der Waals surface area (Å²) in [5.41, 5.74) is 0. The molecule has 0 saturated heterocycles. The van der Waals surface area contributed by atoms with E-state index in [1.165, 1.54) is 51.4 Å². The van der Waals surface area contributed by atoms with Gasteiger partial charge in [0, 0.05) is 0 Å². The summed E-state index contributed by atoms with van der Waals surface area (Å²) in [6, 6.07) is 0. The molecular formula is C21H44O4S. The Bertz CT molecular complexity index is 395. The van der Waals surface area contributed by atoms with Gasteiger partial charge in [-0.3, -0.25) is 4.55 Å². The van der Waals surface area contributed by atoms with Crippen LogP contribution in [0.1, 0.15) is 123 Å². The number of hydrogen-bond donors (Lipinski definition) is 2. The van der Waals surface area contributed by atoms with Gasteiger partial charge in [0.2, 0.25) is 0 Å². The molecule has 26 heavy (non-hydrogen) atoms. The van der Waals surface area contributed by atoms with Crippen molar-refractivity contribution in [3.8, 4) is 0 Å². The molecule has 158 valence electrons. The fourth-order valence-electron chi connectivity index (χ4n) is 3.52. The van der Waals surface area contributed by atoms with Crippen LogP contribution in [0.5, 0.6) is 0 Å². The highest BCUT2D eigenvalue weighted by molar-refractivity contribution is 7.86. The van der Waals surface area contributed by atoms with E-state index >= 15 is 0 Å². The maximum Gasteiger partial charge on any atom is 0.270 e. The van der Waals surface area contributed by atoms with E-state index in [1.54, 1.807) is 0 Å². The van der Waals surface area contributed by atoms with Crippen LogP contribution in [0.3, 0.4) is 0 Å². The van der Waals surface area contributed by atoms with Crippen molar-refractivity contribution < 1.29 is 18.1 Å². The second-order valence-electron chi connectivity index (χ2n) is 7.79. The van der Waals surface area contributed by atoms with Gasteiger partial charge in [-0.25, -0.2) is 0 Å². The summed E-state index contributed by atoms with van der Waals surface area (Å²) in [5.74, 6) is 0. The second-order valence-corrected chi connectivity index (χ2v) is 9.43. The number of aliphatic hydroxyl groups is 1. The molecule has 2 unspecified atom stereocenters. The van der Waals surface area contributed by atoms with Gasteiger partial charge in [-0.2, -0.15) is 8.42 Å². The van der Waals surface area contributed by atoms with Crippen LogP contribution in [-0.4, -0.2) is 29.4 Å². The second kappa shape index (κ2) is 17.0. The molecule has 0 aromatic carbocycles. The van der Waals surface area contributed by atoms with Gasteiger partial charge >= 0.3 is 0 Å². The molecule has 4 nitrogen and oxygen atoms in total. The first kappa shape index (κ1) is 25.9. The maximum absolute atomic E-state index is 11.6. The first-order chi connectivity index (χ1) is 12.4. The molecule has 0 spiro atoms. The summed E-state index contributed by atoms with van der Waals surface area (Å²) in [6.45, 7) is 4.37. The lowest BCUT2D eigenvalue weighted by Gasteiger charge is -2.20. The van der Waals surface area contributed by atoms with Gasteiger partial charge in [-0.05, 0) is 12.8 Å². The Kier molecular flexibility index (Phi) is 16.9. The molecular weight excluding hydrogens is 348 g/mol. The van der Waals surface area contributed by atoms with Crippen molar-refractivity contribution in [1.82, 2.24) is 0 Å². The van der Waals surface area contributed by atoms with Crippen molar-refractivity contribution in [3.05, 3.63) is 0 Å². The van der Waals surface area contributed by atoms with Gasteiger partial charge in [-0.1, -0.05) is 110 Å². The Morgan fingerprint density at radius 2 is 0.962 bits per heavy atom. The molecule has 5 heteroatoms. The van der Waals surface area contributed by atoms with Gasteiger partial charge in [0.1, 0.15) is 5.25 Å². The first-order valence-electron chi connectivity index (χ1n) is 11.1. The number of unbranched alkanes of at least 4 members (excludes halogenated alkanes) is 13. The van der Waals surface area contributed by atoms with Gasteiger partial charge in [0.05, 0.1) is 6.10 Å². The van der Waals surface area contributed by atoms with Gasteiger partial charge < -0.3 is 5.11 Å². The molecule has 0 aliphatic heterocycles. The minimum absolute atomic E-state index is 0.367. The van der Waals surface area contributed by atoms with Gasteiger partial charge in [0.25, 0.3) is 10.1 Å². The minimum atomic E-state index is -4.17. The largest absolute Gasteiger partial charge is 0.392 e. The van der Waals surface area contributed by atoms with Crippen LogP contribution in [0.15, 0.2) is 0 Å². The molecule has 0 rings (SSSR count). The van der Waals surface area contributed by atoms with Crippen molar-refractivity contribution >= 4 is 10.1 Å². The fraction of sp³-hybridized carbons (Fsp3) is 1.00. The molecule has 0 aliphatic carbocycles. The van der Waals surface area contributed by atoms with Crippen LogP contribution in [0.4, 0.5) is 0 Å². The number of hydrogen-bond acceptors (Lipinski definition) is 3. The monoisotopic (exact) mass is 392 g/mol. The number of rotatable bonds is 19. The van der Waals surface area contributed by atoms with Crippen LogP contribution in [0.2, 0.25) is 0 Å². The summed E-state index contributed by atoms with van der Waals surface area (Å²) in [6.07, 6.45) is 17.1. The Morgan fingerprint density at radius 3 is 1.35 bits per heavy atom. The van der Waals surface area contributed by atoms with E-state index in [0.29, 0.717) is 12.8 Å². The molecule has 0 aromatic heterocycles. The smallest absolute Gasteiger partial charge is 0.270 e.